The van der Waals surface area contributed by atoms with Gasteiger partial charge in [-0.15, -0.1) is 6.58 Å². The fraction of sp³-hybridized carbons (Fsp3) is 0.316. The fourth-order valence-corrected chi connectivity index (χ4v) is 3.55. The van der Waals surface area contributed by atoms with E-state index in [1.807, 2.05) is 38.1 Å². The molecule has 0 bridgehead atoms. The molecule has 0 aliphatic carbocycles. The number of aromatic amines is 1. The third-order valence-corrected chi connectivity index (χ3v) is 4.79. The van der Waals surface area contributed by atoms with Crippen LogP contribution >= 0.6 is 11.8 Å². The van der Waals surface area contributed by atoms with Crippen molar-refractivity contribution in [1.29, 1.82) is 0 Å². The van der Waals surface area contributed by atoms with E-state index >= 15 is 0 Å². The van der Waals surface area contributed by atoms with Crippen molar-refractivity contribution in [1.82, 2.24) is 9.97 Å². The van der Waals surface area contributed by atoms with Gasteiger partial charge in [-0.3, -0.25) is 9.59 Å². The number of H-pyrrole nitrogens is 1. The molecule has 1 aromatic carbocycles. The van der Waals surface area contributed by atoms with Crippen molar-refractivity contribution in [3.05, 3.63) is 58.4 Å². The molecule has 1 aliphatic heterocycles. The third kappa shape index (κ3) is 3.83. The molecule has 2 N–H and O–H groups in total. The van der Waals surface area contributed by atoms with Crippen molar-refractivity contribution in [3.8, 4) is 5.75 Å². The number of carbonyl (C=O) groups is 1. The average Bonchev–Trinajstić information content (AvgIpc) is 2.59. The maximum absolute atomic E-state index is 12.7. The number of nitrogens with zero attached hydrogens (tertiary/aromatic N) is 1. The van der Waals surface area contributed by atoms with Gasteiger partial charge >= 0.3 is 0 Å². The number of hydrogen-bond donors (Lipinski definition) is 2. The summed E-state index contributed by atoms with van der Waals surface area (Å²) >= 11 is 1.36. The number of hydrogen-bond acceptors (Lipinski definition) is 5. The number of ether oxygens (including phenoxy) is 1. The Morgan fingerprint density at radius 3 is 2.88 bits per heavy atom. The van der Waals surface area contributed by atoms with Crippen LogP contribution in [-0.2, 0) is 4.79 Å². The minimum atomic E-state index is -0.400. The lowest BCUT2D eigenvalue weighted by molar-refractivity contribution is -0.116. The maximum atomic E-state index is 12.7. The van der Waals surface area contributed by atoms with Gasteiger partial charge in [-0.05, 0) is 19.9 Å². The molecule has 0 radical (unpaired) electrons. The van der Waals surface area contributed by atoms with Gasteiger partial charge in [-0.25, -0.2) is 4.98 Å². The van der Waals surface area contributed by atoms with Gasteiger partial charge in [-0.2, -0.15) is 0 Å². The van der Waals surface area contributed by atoms with Gasteiger partial charge in [0, 0.05) is 23.7 Å². The first-order valence-electron chi connectivity index (χ1n) is 8.43. The van der Waals surface area contributed by atoms with Crippen LogP contribution in [0.4, 0.5) is 5.82 Å². The second kappa shape index (κ2) is 7.78. The molecular weight excluding hydrogens is 350 g/mol. The summed E-state index contributed by atoms with van der Waals surface area (Å²) in [7, 11) is 0. The average molecular weight is 371 g/mol. The van der Waals surface area contributed by atoms with Crippen LogP contribution in [0.3, 0.4) is 0 Å². The molecule has 26 heavy (non-hydrogen) atoms. The van der Waals surface area contributed by atoms with Crippen molar-refractivity contribution in [3.63, 3.8) is 0 Å². The number of para-hydroxylation sites is 1. The maximum Gasteiger partial charge on any atom is 0.257 e. The normalized spacial score (nSPS) is 16.1. The molecule has 1 unspecified atom stereocenters. The minimum absolute atomic E-state index is 0.0119. The second-order valence-electron chi connectivity index (χ2n) is 6.24. The molecule has 6 nitrogen and oxygen atoms in total. The van der Waals surface area contributed by atoms with Crippen molar-refractivity contribution in [2.75, 3.05) is 11.1 Å². The molecule has 0 saturated heterocycles. The Balaban J connectivity index is 2.08. The largest absolute Gasteiger partial charge is 0.491 e. The summed E-state index contributed by atoms with van der Waals surface area (Å²) in [5.74, 6) is 1.05. The summed E-state index contributed by atoms with van der Waals surface area (Å²) in [5, 5.41) is 3.19. The lowest BCUT2D eigenvalue weighted by Gasteiger charge is -2.26. The quantitative estimate of drug-likeness (QED) is 0.462. The number of nitrogens with one attached hydrogen (secondary N) is 2. The number of amides is 1. The molecule has 0 saturated carbocycles. The van der Waals surface area contributed by atoms with Gasteiger partial charge in [0.2, 0.25) is 5.91 Å². The SMILES string of the molecule is C=CCSc1nc2c(c(=O)[nH]1)C(c1ccccc1OC(C)C)CC(=O)N2. The Bertz CT molecular complexity index is 892. The molecule has 1 aliphatic rings. The predicted molar refractivity (Wildman–Crippen MR) is 103 cm³/mol. The second-order valence-corrected chi connectivity index (χ2v) is 7.25. The molecule has 1 amide bonds. The smallest absolute Gasteiger partial charge is 0.257 e. The first kappa shape index (κ1) is 18.3. The van der Waals surface area contributed by atoms with Crippen molar-refractivity contribution in [2.45, 2.75) is 37.4 Å². The number of carbonyl (C=O) groups excluding carboxylic acids is 1. The monoisotopic (exact) mass is 371 g/mol. The predicted octanol–water partition coefficient (Wildman–Crippen LogP) is 3.31. The van der Waals surface area contributed by atoms with Crippen LogP contribution in [0.1, 0.15) is 37.3 Å². The van der Waals surface area contributed by atoms with E-state index in [0.29, 0.717) is 28.0 Å². The highest BCUT2D eigenvalue weighted by atomic mass is 32.2. The van der Waals surface area contributed by atoms with E-state index in [4.69, 9.17) is 4.74 Å². The molecule has 1 atom stereocenters. The zero-order valence-corrected chi connectivity index (χ0v) is 15.6. The Labute approximate surface area is 156 Å². The van der Waals surface area contributed by atoms with Crippen LogP contribution in [0.25, 0.3) is 0 Å². The Morgan fingerprint density at radius 1 is 1.38 bits per heavy atom. The highest BCUT2D eigenvalue weighted by Crippen LogP contribution is 2.38. The minimum Gasteiger partial charge on any atom is -0.491 e. The number of anilines is 1. The van der Waals surface area contributed by atoms with Gasteiger partial charge in [-0.1, -0.05) is 36.0 Å². The van der Waals surface area contributed by atoms with Gasteiger partial charge < -0.3 is 15.0 Å². The summed E-state index contributed by atoms with van der Waals surface area (Å²) in [4.78, 5) is 32.2. The van der Waals surface area contributed by atoms with Gasteiger partial charge in [0.15, 0.2) is 5.16 Å². The van der Waals surface area contributed by atoms with E-state index in [1.54, 1.807) is 6.08 Å². The lowest BCUT2D eigenvalue weighted by Crippen LogP contribution is -2.31. The van der Waals surface area contributed by atoms with Crippen LogP contribution in [0.5, 0.6) is 5.75 Å². The Hall–Kier alpha value is -2.54. The zero-order valence-electron chi connectivity index (χ0n) is 14.7. The third-order valence-electron chi connectivity index (χ3n) is 3.92. The van der Waals surface area contributed by atoms with Crippen LogP contribution in [0.2, 0.25) is 0 Å². The lowest BCUT2D eigenvalue weighted by atomic mass is 9.86. The number of aromatic nitrogens is 2. The molecule has 3 rings (SSSR count). The molecule has 136 valence electrons. The van der Waals surface area contributed by atoms with E-state index < -0.39 is 5.92 Å². The van der Waals surface area contributed by atoms with Crippen LogP contribution < -0.4 is 15.6 Å². The topological polar surface area (TPSA) is 84.1 Å². The van der Waals surface area contributed by atoms with E-state index in [-0.39, 0.29) is 24.0 Å². The number of rotatable bonds is 6. The summed E-state index contributed by atoms with van der Waals surface area (Å²) in [6.07, 6.45) is 1.89. The molecule has 2 aromatic rings. The van der Waals surface area contributed by atoms with E-state index in [2.05, 4.69) is 21.9 Å². The number of fused-ring (bicyclic) bond motifs is 1. The van der Waals surface area contributed by atoms with Gasteiger partial charge in [0.05, 0.1) is 11.7 Å². The van der Waals surface area contributed by atoms with Gasteiger partial charge in [0.25, 0.3) is 5.56 Å². The van der Waals surface area contributed by atoms with Crippen molar-refractivity contribution >= 4 is 23.5 Å². The zero-order chi connectivity index (χ0) is 18.7. The summed E-state index contributed by atoms with van der Waals surface area (Å²) < 4.78 is 5.89. The molecule has 1 aromatic heterocycles. The van der Waals surface area contributed by atoms with E-state index in [9.17, 15) is 9.59 Å². The molecule has 2 heterocycles. The van der Waals surface area contributed by atoms with Crippen molar-refractivity contribution < 1.29 is 9.53 Å². The highest BCUT2D eigenvalue weighted by Gasteiger charge is 2.32. The standard InChI is InChI=1S/C19H21N3O3S/c1-4-9-26-19-21-17-16(18(24)22-19)13(10-15(23)20-17)12-7-5-6-8-14(12)25-11(2)3/h4-8,11,13H,1,9-10H2,2-3H3,(H2,20,21,22,23,24). The number of benzene rings is 1. The van der Waals surface area contributed by atoms with Crippen molar-refractivity contribution in [2.24, 2.45) is 0 Å². The van der Waals surface area contributed by atoms with E-state index in [0.717, 1.165) is 5.56 Å². The van der Waals surface area contributed by atoms with Crippen LogP contribution in [0, 0.1) is 0 Å². The first-order valence-corrected chi connectivity index (χ1v) is 9.41. The summed E-state index contributed by atoms with van der Waals surface area (Å²) in [6.45, 7) is 7.54. The highest BCUT2D eigenvalue weighted by molar-refractivity contribution is 7.99. The first-order chi connectivity index (χ1) is 12.5. The molecule has 0 spiro atoms. The summed E-state index contributed by atoms with van der Waals surface area (Å²) in [6, 6.07) is 7.51. The molecule has 0 fully saturated rings. The summed E-state index contributed by atoms with van der Waals surface area (Å²) in [5.41, 5.74) is 1.04. The Morgan fingerprint density at radius 2 is 2.15 bits per heavy atom. The fourth-order valence-electron chi connectivity index (χ4n) is 2.95. The van der Waals surface area contributed by atoms with Crippen LogP contribution in [0.15, 0.2) is 46.9 Å². The van der Waals surface area contributed by atoms with E-state index in [1.165, 1.54) is 11.8 Å². The van der Waals surface area contributed by atoms with Crippen LogP contribution in [-0.4, -0.2) is 27.7 Å². The Kier molecular flexibility index (Phi) is 5.46. The number of thioether (sulfide) groups is 1. The molecular formula is C19H21N3O3S. The molecule has 7 heteroatoms. The van der Waals surface area contributed by atoms with Gasteiger partial charge in [0.1, 0.15) is 11.6 Å².